The third-order valence-corrected chi connectivity index (χ3v) is 3.76. The maximum atomic E-state index is 11.8. The molecule has 0 unspecified atom stereocenters. The highest BCUT2D eigenvalue weighted by Crippen LogP contribution is 2.30. The number of pyridine rings is 1. The molecule has 1 saturated carbocycles. The summed E-state index contributed by atoms with van der Waals surface area (Å²) >= 11 is 0. The first-order valence-electron chi connectivity index (χ1n) is 5.62. The van der Waals surface area contributed by atoms with Crippen LogP contribution in [0.15, 0.2) is 34.0 Å². The van der Waals surface area contributed by atoms with E-state index in [0.717, 1.165) is 12.8 Å². The van der Waals surface area contributed by atoms with E-state index in [4.69, 9.17) is 4.42 Å². The van der Waals surface area contributed by atoms with Crippen LogP contribution in [-0.2, 0) is 19.7 Å². The second-order valence-corrected chi connectivity index (χ2v) is 5.84. The number of carbonyl (C=O) groups is 1. The molecule has 0 amide bonds. The van der Waals surface area contributed by atoms with Gasteiger partial charge in [0.2, 0.25) is 5.09 Å². The number of aromatic nitrogens is 1. The SMILES string of the molecule is O=C(ONS(=O)(=O)c1cc2cnccc2o1)C1CC1. The number of nitrogens with one attached hydrogen (secondary N) is 1. The van der Waals surface area contributed by atoms with Crippen LogP contribution < -0.4 is 4.89 Å². The summed E-state index contributed by atoms with van der Waals surface area (Å²) in [4.78, 5) is 21.4. The Balaban J connectivity index is 1.80. The summed E-state index contributed by atoms with van der Waals surface area (Å²) in [5.74, 6) is -0.760. The number of hydrogen-bond acceptors (Lipinski definition) is 6. The van der Waals surface area contributed by atoms with E-state index in [9.17, 15) is 13.2 Å². The Hall–Kier alpha value is -1.93. The zero-order chi connectivity index (χ0) is 13.5. The molecule has 8 heteroatoms. The average Bonchev–Trinajstić information content (AvgIpc) is 3.14. The molecule has 1 fully saturated rings. The minimum Gasteiger partial charge on any atom is -0.443 e. The third kappa shape index (κ3) is 2.45. The van der Waals surface area contributed by atoms with Crippen LogP contribution in [0.5, 0.6) is 0 Å². The quantitative estimate of drug-likeness (QED) is 0.839. The Morgan fingerprint density at radius 2 is 2.26 bits per heavy atom. The van der Waals surface area contributed by atoms with Gasteiger partial charge in [-0.25, -0.2) is 8.42 Å². The van der Waals surface area contributed by atoms with Gasteiger partial charge in [-0.15, -0.1) is 0 Å². The lowest BCUT2D eigenvalue weighted by atomic mass is 10.3. The number of carbonyl (C=O) groups excluding carboxylic acids is 1. The third-order valence-electron chi connectivity index (χ3n) is 2.72. The number of fused-ring (bicyclic) bond motifs is 1. The predicted octanol–water partition coefficient (Wildman–Crippen LogP) is 0.974. The second-order valence-electron chi connectivity index (χ2n) is 4.26. The standard InChI is InChI=1S/C11H10N2O5S/c14-11(7-1-2-7)18-13-19(15,16)10-5-8-6-12-4-3-9(8)17-10/h3-7,13H,1-2H2. The van der Waals surface area contributed by atoms with Crippen LogP contribution in [0, 0.1) is 5.92 Å². The molecule has 3 rings (SSSR count). The number of hydrogen-bond donors (Lipinski definition) is 1. The van der Waals surface area contributed by atoms with Gasteiger partial charge in [-0.05, 0) is 23.8 Å². The van der Waals surface area contributed by atoms with Gasteiger partial charge in [0.25, 0.3) is 0 Å². The normalized spacial score (nSPS) is 15.6. The maximum Gasteiger partial charge on any atom is 0.329 e. The summed E-state index contributed by atoms with van der Waals surface area (Å²) in [5, 5.41) is 0.232. The largest absolute Gasteiger partial charge is 0.443 e. The van der Waals surface area contributed by atoms with Gasteiger partial charge in [-0.1, -0.05) is 0 Å². The lowest BCUT2D eigenvalue weighted by Gasteiger charge is -2.03. The van der Waals surface area contributed by atoms with Crippen molar-refractivity contribution in [2.75, 3.05) is 0 Å². The number of sulfonamides is 1. The van der Waals surface area contributed by atoms with E-state index in [0.29, 0.717) is 11.0 Å². The van der Waals surface area contributed by atoms with Crippen molar-refractivity contribution >= 4 is 27.0 Å². The topological polar surface area (TPSA) is 98.5 Å². The second kappa shape index (κ2) is 4.32. The molecule has 1 N–H and O–H groups in total. The smallest absolute Gasteiger partial charge is 0.329 e. The zero-order valence-corrected chi connectivity index (χ0v) is 10.5. The Labute approximate surface area is 108 Å². The lowest BCUT2D eigenvalue weighted by Crippen LogP contribution is -2.27. The fourth-order valence-electron chi connectivity index (χ4n) is 1.53. The van der Waals surface area contributed by atoms with Crippen molar-refractivity contribution in [3.05, 3.63) is 24.5 Å². The van der Waals surface area contributed by atoms with Crippen LogP contribution in [0.2, 0.25) is 0 Å². The highest BCUT2D eigenvalue weighted by Gasteiger charge is 2.33. The Morgan fingerprint density at radius 1 is 1.47 bits per heavy atom. The summed E-state index contributed by atoms with van der Waals surface area (Å²) in [6, 6.07) is 2.86. The molecule has 0 aliphatic heterocycles. The summed E-state index contributed by atoms with van der Waals surface area (Å²) in [5.41, 5.74) is 0.392. The van der Waals surface area contributed by atoms with E-state index in [1.807, 2.05) is 0 Å². The molecule has 0 bridgehead atoms. The lowest BCUT2D eigenvalue weighted by molar-refractivity contribution is -0.148. The molecule has 100 valence electrons. The molecule has 2 aromatic rings. The molecule has 19 heavy (non-hydrogen) atoms. The van der Waals surface area contributed by atoms with Gasteiger partial charge in [-0.2, -0.15) is 0 Å². The Bertz CT molecular complexity index is 699. The van der Waals surface area contributed by atoms with Crippen LogP contribution in [0.1, 0.15) is 12.8 Å². The summed E-state index contributed by atoms with van der Waals surface area (Å²) in [6.45, 7) is 0. The summed E-state index contributed by atoms with van der Waals surface area (Å²) in [7, 11) is -4.01. The zero-order valence-electron chi connectivity index (χ0n) is 9.70. The molecule has 2 aromatic heterocycles. The minimum atomic E-state index is -4.01. The van der Waals surface area contributed by atoms with Crippen molar-refractivity contribution in [3.63, 3.8) is 0 Å². The van der Waals surface area contributed by atoms with Gasteiger partial charge in [-0.3, -0.25) is 9.78 Å². The van der Waals surface area contributed by atoms with Gasteiger partial charge in [0.05, 0.1) is 5.92 Å². The molecular weight excluding hydrogens is 272 g/mol. The van der Waals surface area contributed by atoms with Crippen LogP contribution in [0.3, 0.4) is 0 Å². The number of rotatable bonds is 4. The van der Waals surface area contributed by atoms with Crippen molar-refractivity contribution in [1.29, 1.82) is 0 Å². The highest BCUT2D eigenvalue weighted by molar-refractivity contribution is 7.89. The van der Waals surface area contributed by atoms with Gasteiger partial charge < -0.3 is 9.25 Å². The van der Waals surface area contributed by atoms with Crippen molar-refractivity contribution in [2.24, 2.45) is 5.92 Å². The van der Waals surface area contributed by atoms with Crippen molar-refractivity contribution in [1.82, 2.24) is 9.87 Å². The van der Waals surface area contributed by atoms with E-state index >= 15 is 0 Å². The van der Waals surface area contributed by atoms with Gasteiger partial charge >= 0.3 is 16.0 Å². The monoisotopic (exact) mass is 282 g/mol. The van der Waals surface area contributed by atoms with Crippen LogP contribution >= 0.6 is 0 Å². The molecule has 1 aliphatic carbocycles. The molecule has 0 spiro atoms. The summed E-state index contributed by atoms with van der Waals surface area (Å²) < 4.78 is 28.9. The van der Waals surface area contributed by atoms with E-state index in [2.05, 4.69) is 9.82 Å². The van der Waals surface area contributed by atoms with Crippen molar-refractivity contribution in [3.8, 4) is 0 Å². The van der Waals surface area contributed by atoms with Crippen LogP contribution in [0.25, 0.3) is 11.0 Å². The van der Waals surface area contributed by atoms with Gasteiger partial charge in [0.15, 0.2) is 0 Å². The first-order chi connectivity index (χ1) is 9.06. The molecule has 1 aliphatic rings. The fraction of sp³-hybridized carbons (Fsp3) is 0.273. The van der Waals surface area contributed by atoms with Gasteiger partial charge in [0, 0.05) is 23.8 Å². The molecule has 0 aromatic carbocycles. The summed E-state index contributed by atoms with van der Waals surface area (Å²) in [6.07, 6.45) is 4.44. The van der Waals surface area contributed by atoms with Crippen LogP contribution in [0.4, 0.5) is 0 Å². The number of nitrogens with zero attached hydrogens (tertiary/aromatic N) is 1. The van der Waals surface area contributed by atoms with Crippen molar-refractivity contribution in [2.45, 2.75) is 17.9 Å². The van der Waals surface area contributed by atoms with Crippen LogP contribution in [-0.4, -0.2) is 19.4 Å². The molecule has 2 heterocycles. The highest BCUT2D eigenvalue weighted by atomic mass is 32.2. The van der Waals surface area contributed by atoms with Gasteiger partial charge in [0.1, 0.15) is 5.58 Å². The van der Waals surface area contributed by atoms with Crippen molar-refractivity contribution < 1.29 is 22.5 Å². The average molecular weight is 282 g/mol. The Morgan fingerprint density at radius 3 is 2.95 bits per heavy atom. The van der Waals surface area contributed by atoms with E-state index in [1.165, 1.54) is 18.5 Å². The van der Waals surface area contributed by atoms with E-state index in [-0.39, 0.29) is 11.0 Å². The molecule has 0 radical (unpaired) electrons. The molecule has 7 nitrogen and oxygen atoms in total. The molecule has 0 saturated heterocycles. The molecule has 0 atom stereocenters. The minimum absolute atomic E-state index is 0.192. The first-order valence-corrected chi connectivity index (χ1v) is 7.10. The first kappa shape index (κ1) is 12.1. The molecular formula is C11H10N2O5S. The Kier molecular flexibility index (Phi) is 2.76. The van der Waals surface area contributed by atoms with E-state index < -0.39 is 16.0 Å². The fourth-order valence-corrected chi connectivity index (χ4v) is 2.29. The maximum absolute atomic E-state index is 11.8. The predicted molar refractivity (Wildman–Crippen MR) is 63.1 cm³/mol. The van der Waals surface area contributed by atoms with E-state index in [1.54, 1.807) is 11.0 Å². The number of furan rings is 1.